The molecule has 0 unspecified atom stereocenters. The Balaban J connectivity index is 1.52. The van der Waals surface area contributed by atoms with Crippen molar-refractivity contribution in [2.45, 2.75) is 19.6 Å². The number of hydrogen-bond acceptors (Lipinski definition) is 2. The Kier molecular flexibility index (Phi) is 5.81. The molecule has 0 aliphatic heterocycles. The highest BCUT2D eigenvalue weighted by atomic mass is 19.4. The second kappa shape index (κ2) is 8.70. The van der Waals surface area contributed by atoms with Gasteiger partial charge in [-0.1, -0.05) is 48.0 Å². The topological polar surface area (TPSA) is 54.0 Å². The fourth-order valence-electron chi connectivity index (χ4n) is 3.51. The predicted molar refractivity (Wildman–Crippen MR) is 119 cm³/mol. The molecule has 0 aliphatic rings. The first kappa shape index (κ1) is 21.4. The molecule has 2 amide bonds. The third-order valence-electron chi connectivity index (χ3n) is 5.16. The first-order valence-electron chi connectivity index (χ1n) is 9.96. The van der Waals surface area contributed by atoms with Crippen LogP contribution in [0.3, 0.4) is 0 Å². The quantitative estimate of drug-likeness (QED) is 0.382. The van der Waals surface area contributed by atoms with E-state index >= 15 is 0 Å². The predicted octanol–water partition coefficient (Wildman–Crippen LogP) is 6.55. The second-order valence-corrected chi connectivity index (χ2v) is 7.45. The largest absolute Gasteiger partial charge is 0.416 e. The summed E-state index contributed by atoms with van der Waals surface area (Å²) in [4.78, 5) is 16.5. The molecule has 0 radical (unpaired) electrons. The van der Waals surface area contributed by atoms with Crippen molar-refractivity contribution in [2.24, 2.45) is 0 Å². The average Bonchev–Trinajstić information content (AvgIpc) is 2.78. The summed E-state index contributed by atoms with van der Waals surface area (Å²) in [5, 5.41) is 7.05. The van der Waals surface area contributed by atoms with Crippen molar-refractivity contribution in [3.8, 4) is 11.1 Å². The van der Waals surface area contributed by atoms with E-state index in [4.69, 9.17) is 0 Å². The lowest BCUT2D eigenvalue weighted by atomic mass is 9.96. The van der Waals surface area contributed by atoms with E-state index in [1.54, 1.807) is 12.4 Å². The maximum atomic E-state index is 12.9. The number of rotatable bonds is 4. The fourth-order valence-corrected chi connectivity index (χ4v) is 3.51. The number of pyridine rings is 1. The smallest absolute Gasteiger partial charge is 0.334 e. The van der Waals surface area contributed by atoms with Gasteiger partial charge >= 0.3 is 12.2 Å². The van der Waals surface area contributed by atoms with Crippen LogP contribution in [0.2, 0.25) is 0 Å². The van der Waals surface area contributed by atoms with Gasteiger partial charge in [-0.3, -0.25) is 4.98 Å². The second-order valence-electron chi connectivity index (χ2n) is 7.45. The molecule has 1 heterocycles. The minimum atomic E-state index is -4.47. The molecule has 7 heteroatoms. The molecule has 0 saturated heterocycles. The van der Waals surface area contributed by atoms with Crippen molar-refractivity contribution in [2.75, 3.05) is 5.32 Å². The highest BCUT2D eigenvalue weighted by molar-refractivity contribution is 5.98. The molecule has 3 aromatic carbocycles. The van der Waals surface area contributed by atoms with Gasteiger partial charge in [-0.15, -0.1) is 0 Å². The van der Waals surface area contributed by atoms with Gasteiger partial charge < -0.3 is 10.6 Å². The fraction of sp³-hybridized carbons (Fsp3) is 0.120. The van der Waals surface area contributed by atoms with Crippen LogP contribution in [0, 0.1) is 6.92 Å². The third kappa shape index (κ3) is 4.72. The zero-order valence-corrected chi connectivity index (χ0v) is 17.2. The Bertz CT molecular complexity index is 1270. The molecule has 1 aromatic heterocycles. The summed E-state index contributed by atoms with van der Waals surface area (Å²) in [5.74, 6) is 0. The van der Waals surface area contributed by atoms with Gasteiger partial charge in [-0.05, 0) is 53.3 Å². The number of fused-ring (bicyclic) bond motifs is 1. The lowest BCUT2D eigenvalue weighted by Crippen LogP contribution is -2.28. The van der Waals surface area contributed by atoms with E-state index in [-0.39, 0.29) is 12.2 Å². The van der Waals surface area contributed by atoms with Crippen molar-refractivity contribution < 1.29 is 18.0 Å². The van der Waals surface area contributed by atoms with Crippen LogP contribution < -0.4 is 10.6 Å². The number of amides is 2. The maximum Gasteiger partial charge on any atom is 0.416 e. The Hall–Kier alpha value is -3.87. The van der Waals surface area contributed by atoms with Gasteiger partial charge in [0, 0.05) is 30.0 Å². The summed E-state index contributed by atoms with van der Waals surface area (Å²) in [7, 11) is 0. The number of anilines is 1. The Labute approximate surface area is 183 Å². The van der Waals surface area contributed by atoms with Gasteiger partial charge in [0.15, 0.2) is 0 Å². The van der Waals surface area contributed by atoms with Crippen LogP contribution in [-0.2, 0) is 12.7 Å². The van der Waals surface area contributed by atoms with Crippen molar-refractivity contribution in [1.82, 2.24) is 10.3 Å². The summed E-state index contributed by atoms with van der Waals surface area (Å²) in [6.45, 7) is 2.23. The first-order valence-corrected chi connectivity index (χ1v) is 9.96. The van der Waals surface area contributed by atoms with Crippen LogP contribution >= 0.6 is 0 Å². The summed E-state index contributed by atoms with van der Waals surface area (Å²) in [6.07, 6.45) is -1.01. The molecular weight excluding hydrogens is 415 g/mol. The molecule has 0 spiro atoms. The zero-order valence-electron chi connectivity index (χ0n) is 17.2. The van der Waals surface area contributed by atoms with Crippen LogP contribution in [0.4, 0.5) is 23.7 Å². The molecule has 4 rings (SSSR count). The zero-order chi connectivity index (χ0) is 22.7. The SMILES string of the molecule is Cc1ccc(-c2ccc(CNC(=O)Nc3cccc(C(F)(F)F)c3)c3cnccc23)cc1. The lowest BCUT2D eigenvalue weighted by Gasteiger charge is -2.13. The van der Waals surface area contributed by atoms with E-state index in [0.29, 0.717) is 0 Å². The Morgan fingerprint density at radius 3 is 2.50 bits per heavy atom. The number of aromatic nitrogens is 1. The molecule has 4 aromatic rings. The maximum absolute atomic E-state index is 12.9. The summed E-state index contributed by atoms with van der Waals surface area (Å²) in [5.41, 5.74) is 3.40. The highest BCUT2D eigenvalue weighted by Crippen LogP contribution is 2.31. The van der Waals surface area contributed by atoms with Crippen LogP contribution in [0.15, 0.2) is 79.1 Å². The van der Waals surface area contributed by atoms with Crippen molar-refractivity contribution in [3.05, 3.63) is 95.8 Å². The number of nitrogens with zero attached hydrogens (tertiary/aromatic N) is 1. The van der Waals surface area contributed by atoms with Gasteiger partial charge in [0.05, 0.1) is 5.56 Å². The number of benzene rings is 3. The molecule has 0 bridgehead atoms. The molecule has 2 N–H and O–H groups in total. The van der Waals surface area contributed by atoms with Crippen LogP contribution in [0.25, 0.3) is 21.9 Å². The van der Waals surface area contributed by atoms with E-state index < -0.39 is 17.8 Å². The number of urea groups is 1. The minimum absolute atomic E-state index is 0.0681. The summed E-state index contributed by atoms with van der Waals surface area (Å²) >= 11 is 0. The van der Waals surface area contributed by atoms with Gasteiger partial charge in [0.2, 0.25) is 0 Å². The normalized spacial score (nSPS) is 11.4. The molecule has 4 nitrogen and oxygen atoms in total. The molecule has 0 fully saturated rings. The minimum Gasteiger partial charge on any atom is -0.334 e. The molecule has 0 atom stereocenters. The molecule has 0 aliphatic carbocycles. The number of aryl methyl sites for hydroxylation is 1. The number of hydrogen-bond donors (Lipinski definition) is 2. The first-order chi connectivity index (χ1) is 15.3. The average molecular weight is 435 g/mol. The Morgan fingerprint density at radius 2 is 1.75 bits per heavy atom. The summed E-state index contributed by atoms with van der Waals surface area (Å²) in [6, 6.07) is 18.0. The van der Waals surface area contributed by atoms with Gasteiger partial charge in [-0.25, -0.2) is 4.79 Å². The van der Waals surface area contributed by atoms with Crippen LogP contribution in [0.1, 0.15) is 16.7 Å². The van der Waals surface area contributed by atoms with Crippen molar-refractivity contribution in [1.29, 1.82) is 0 Å². The molecule has 32 heavy (non-hydrogen) atoms. The highest BCUT2D eigenvalue weighted by Gasteiger charge is 2.30. The molecule has 0 saturated carbocycles. The third-order valence-corrected chi connectivity index (χ3v) is 5.16. The lowest BCUT2D eigenvalue weighted by molar-refractivity contribution is -0.137. The molecule has 162 valence electrons. The number of carbonyl (C=O) groups is 1. The van der Waals surface area contributed by atoms with E-state index in [9.17, 15) is 18.0 Å². The Morgan fingerprint density at radius 1 is 0.969 bits per heavy atom. The van der Waals surface area contributed by atoms with Gasteiger partial charge in [-0.2, -0.15) is 13.2 Å². The van der Waals surface area contributed by atoms with Crippen LogP contribution in [-0.4, -0.2) is 11.0 Å². The van der Waals surface area contributed by atoms with Gasteiger partial charge in [0.25, 0.3) is 0 Å². The number of halogens is 3. The monoisotopic (exact) mass is 435 g/mol. The number of alkyl halides is 3. The van der Waals surface area contributed by atoms with Crippen molar-refractivity contribution >= 4 is 22.5 Å². The summed E-state index contributed by atoms with van der Waals surface area (Å²) < 4.78 is 38.6. The van der Waals surface area contributed by atoms with Crippen LogP contribution in [0.5, 0.6) is 0 Å². The van der Waals surface area contributed by atoms with E-state index in [2.05, 4.69) is 39.9 Å². The van der Waals surface area contributed by atoms with Gasteiger partial charge in [0.1, 0.15) is 0 Å². The standard InChI is InChI=1S/C25H20F3N3O/c1-16-5-7-17(8-6-16)21-10-9-18(23-15-29-12-11-22(21)23)14-30-24(32)31-20-4-2-3-19(13-20)25(26,27)28/h2-13,15H,14H2,1H3,(H2,30,31,32). The van der Waals surface area contributed by atoms with E-state index in [1.807, 2.05) is 25.1 Å². The van der Waals surface area contributed by atoms with E-state index in [0.717, 1.165) is 39.6 Å². The number of carbonyl (C=O) groups excluding carboxylic acids is 1. The van der Waals surface area contributed by atoms with Crippen molar-refractivity contribution in [3.63, 3.8) is 0 Å². The molecular formula is C25H20F3N3O. The van der Waals surface area contributed by atoms with E-state index in [1.165, 1.54) is 17.7 Å². The number of nitrogens with one attached hydrogen (secondary N) is 2.